The molecule has 1 amide bonds. The second-order valence-corrected chi connectivity index (χ2v) is 4.14. The van der Waals surface area contributed by atoms with Crippen molar-refractivity contribution in [1.29, 1.82) is 0 Å². The van der Waals surface area contributed by atoms with Gasteiger partial charge in [-0.1, -0.05) is 18.2 Å². The summed E-state index contributed by atoms with van der Waals surface area (Å²) in [5, 5.41) is 12.2. The first-order valence-corrected chi connectivity index (χ1v) is 4.81. The lowest BCUT2D eigenvalue weighted by atomic mass is 9.63. The predicted octanol–water partition coefficient (Wildman–Crippen LogP) is 1.65. The smallest absolute Gasteiger partial charge is 0.235 e. The van der Waals surface area contributed by atoms with E-state index < -0.39 is 5.41 Å². The molecule has 1 aliphatic heterocycles. The molecule has 0 aromatic heterocycles. The van der Waals surface area contributed by atoms with Gasteiger partial charge in [0.2, 0.25) is 5.91 Å². The average Bonchev–Trinajstić information content (AvgIpc) is 2.40. The van der Waals surface area contributed by atoms with Crippen molar-refractivity contribution >= 4 is 35.6 Å². The Labute approximate surface area is 105 Å². The zero-order valence-corrected chi connectivity index (χ0v) is 10.4. The summed E-state index contributed by atoms with van der Waals surface area (Å²) in [5.41, 5.74) is 1.54. The Morgan fingerprint density at radius 1 is 1.33 bits per heavy atom. The van der Waals surface area contributed by atoms with Crippen molar-refractivity contribution in [2.45, 2.75) is 24.4 Å². The lowest BCUT2D eigenvalue weighted by Crippen LogP contribution is -2.49. The van der Waals surface area contributed by atoms with E-state index in [0.717, 1.165) is 11.3 Å². The predicted molar refractivity (Wildman–Crippen MR) is 67.4 cm³/mol. The minimum atomic E-state index is -0.421. The molecular formula is C11H12INO2. The fourth-order valence-electron chi connectivity index (χ4n) is 2.52. The molecule has 3 nitrogen and oxygen atoms in total. The summed E-state index contributed by atoms with van der Waals surface area (Å²) < 4.78 is 0. The highest BCUT2D eigenvalue weighted by Crippen LogP contribution is 2.50. The molecule has 15 heavy (non-hydrogen) atoms. The Bertz CT molecular complexity index is 413. The van der Waals surface area contributed by atoms with Crippen LogP contribution in [0.4, 0.5) is 5.69 Å². The van der Waals surface area contributed by atoms with Gasteiger partial charge < -0.3 is 10.4 Å². The number of carbonyl (C=O) groups excluding carboxylic acids is 1. The van der Waals surface area contributed by atoms with Crippen LogP contribution in [0.2, 0.25) is 0 Å². The number of amides is 1. The largest absolute Gasteiger partial charge is 0.393 e. The quantitative estimate of drug-likeness (QED) is 0.715. The van der Waals surface area contributed by atoms with Crippen molar-refractivity contribution in [3.63, 3.8) is 0 Å². The highest BCUT2D eigenvalue weighted by atomic mass is 127. The first-order chi connectivity index (χ1) is 6.72. The van der Waals surface area contributed by atoms with Gasteiger partial charge in [0.1, 0.15) is 0 Å². The maximum absolute atomic E-state index is 11.8. The first-order valence-electron chi connectivity index (χ1n) is 4.81. The second kappa shape index (κ2) is 3.45. The third kappa shape index (κ3) is 1.31. The number of fused-ring (bicyclic) bond motifs is 2. The van der Waals surface area contributed by atoms with Crippen LogP contribution >= 0.6 is 24.0 Å². The molecule has 2 aliphatic rings. The molecule has 1 aliphatic carbocycles. The maximum Gasteiger partial charge on any atom is 0.235 e. The molecule has 1 heterocycles. The van der Waals surface area contributed by atoms with Crippen LogP contribution in [0, 0.1) is 0 Å². The second-order valence-electron chi connectivity index (χ2n) is 4.14. The van der Waals surface area contributed by atoms with Crippen LogP contribution in [-0.2, 0) is 10.2 Å². The van der Waals surface area contributed by atoms with E-state index in [2.05, 4.69) is 5.32 Å². The molecule has 3 rings (SSSR count). The Hall–Kier alpha value is -0.620. The molecular weight excluding hydrogens is 305 g/mol. The molecule has 80 valence electrons. The summed E-state index contributed by atoms with van der Waals surface area (Å²) in [4.78, 5) is 11.8. The van der Waals surface area contributed by atoms with Gasteiger partial charge in [-0.25, -0.2) is 0 Å². The molecule has 0 atom stereocenters. The van der Waals surface area contributed by atoms with Gasteiger partial charge >= 0.3 is 0 Å². The molecule has 1 fully saturated rings. The Kier molecular flexibility index (Phi) is 2.50. The van der Waals surface area contributed by atoms with Crippen molar-refractivity contribution in [3.8, 4) is 0 Å². The first kappa shape index (κ1) is 10.9. The van der Waals surface area contributed by atoms with Crippen LogP contribution in [0.3, 0.4) is 0 Å². The zero-order chi connectivity index (χ0) is 9.76. The zero-order valence-electron chi connectivity index (χ0n) is 8.06. The van der Waals surface area contributed by atoms with Crippen LogP contribution in [0.1, 0.15) is 18.4 Å². The van der Waals surface area contributed by atoms with Crippen LogP contribution in [0.5, 0.6) is 0 Å². The van der Waals surface area contributed by atoms with Crippen LogP contribution < -0.4 is 5.32 Å². The molecule has 0 unspecified atom stereocenters. The summed E-state index contributed by atoms with van der Waals surface area (Å²) in [6.45, 7) is 0. The van der Waals surface area contributed by atoms with E-state index in [1.807, 2.05) is 24.3 Å². The lowest BCUT2D eigenvalue weighted by Gasteiger charge is -2.40. The summed E-state index contributed by atoms with van der Waals surface area (Å²) in [5.74, 6) is 0.0454. The monoisotopic (exact) mass is 317 g/mol. The average molecular weight is 317 g/mol. The van der Waals surface area contributed by atoms with Crippen molar-refractivity contribution in [3.05, 3.63) is 29.8 Å². The standard InChI is InChI=1S/C11H11NO2.HI/c13-7-5-11(6-7)8-3-1-2-4-9(8)12-10(11)14;/h1-4,7,13H,5-6H2,(H,12,14);1H. The van der Waals surface area contributed by atoms with E-state index >= 15 is 0 Å². The highest BCUT2D eigenvalue weighted by molar-refractivity contribution is 14.0. The van der Waals surface area contributed by atoms with Gasteiger partial charge in [-0.05, 0) is 24.5 Å². The molecule has 1 aromatic rings. The molecule has 0 radical (unpaired) electrons. The van der Waals surface area contributed by atoms with E-state index in [1.165, 1.54) is 0 Å². The third-order valence-corrected chi connectivity index (χ3v) is 3.29. The molecule has 1 saturated carbocycles. The van der Waals surface area contributed by atoms with Gasteiger partial charge in [0.05, 0.1) is 11.5 Å². The maximum atomic E-state index is 11.8. The van der Waals surface area contributed by atoms with E-state index in [9.17, 15) is 9.90 Å². The number of para-hydroxylation sites is 1. The van der Waals surface area contributed by atoms with E-state index in [0.29, 0.717) is 12.8 Å². The number of halogens is 1. The fraction of sp³-hybridized carbons (Fsp3) is 0.364. The number of rotatable bonds is 0. The number of benzene rings is 1. The normalized spacial score (nSPS) is 31.5. The Morgan fingerprint density at radius 2 is 2.00 bits per heavy atom. The number of hydrogen-bond donors (Lipinski definition) is 2. The van der Waals surface area contributed by atoms with Gasteiger partial charge in [0.15, 0.2) is 0 Å². The number of carbonyl (C=O) groups is 1. The van der Waals surface area contributed by atoms with Gasteiger partial charge in [0, 0.05) is 5.69 Å². The van der Waals surface area contributed by atoms with Gasteiger partial charge in [-0.3, -0.25) is 4.79 Å². The molecule has 0 bridgehead atoms. The van der Waals surface area contributed by atoms with E-state index in [1.54, 1.807) is 0 Å². The van der Waals surface area contributed by atoms with Crippen molar-refractivity contribution in [2.24, 2.45) is 0 Å². The SMILES string of the molecule is I.O=C1Nc2ccccc2C12CC(O)C2. The van der Waals surface area contributed by atoms with Crippen LogP contribution in [0.15, 0.2) is 24.3 Å². The molecule has 1 aromatic carbocycles. The molecule has 0 saturated heterocycles. The van der Waals surface area contributed by atoms with Crippen LogP contribution in [-0.4, -0.2) is 17.1 Å². The molecule has 2 N–H and O–H groups in total. The lowest BCUT2D eigenvalue weighted by molar-refractivity contribution is -0.128. The summed E-state index contributed by atoms with van der Waals surface area (Å²) in [7, 11) is 0. The number of aliphatic hydroxyl groups is 1. The van der Waals surface area contributed by atoms with Gasteiger partial charge in [0.25, 0.3) is 0 Å². The summed E-state index contributed by atoms with van der Waals surface area (Å²) in [6, 6.07) is 7.73. The summed E-state index contributed by atoms with van der Waals surface area (Å²) >= 11 is 0. The van der Waals surface area contributed by atoms with Crippen molar-refractivity contribution < 1.29 is 9.90 Å². The fourth-order valence-corrected chi connectivity index (χ4v) is 2.52. The van der Waals surface area contributed by atoms with E-state index in [4.69, 9.17) is 0 Å². The minimum Gasteiger partial charge on any atom is -0.393 e. The number of nitrogens with one attached hydrogen (secondary N) is 1. The minimum absolute atomic E-state index is 0. The van der Waals surface area contributed by atoms with Crippen molar-refractivity contribution in [2.75, 3.05) is 5.32 Å². The Balaban J connectivity index is 0.000000853. The molecule has 1 spiro atoms. The number of aliphatic hydroxyl groups excluding tert-OH is 1. The number of hydrogen-bond acceptors (Lipinski definition) is 2. The van der Waals surface area contributed by atoms with Gasteiger partial charge in [-0.2, -0.15) is 0 Å². The third-order valence-electron chi connectivity index (χ3n) is 3.29. The molecule has 4 heteroatoms. The summed E-state index contributed by atoms with van der Waals surface area (Å²) in [6.07, 6.45) is 0.818. The highest BCUT2D eigenvalue weighted by Gasteiger charge is 2.55. The van der Waals surface area contributed by atoms with Crippen molar-refractivity contribution in [1.82, 2.24) is 0 Å². The van der Waals surface area contributed by atoms with Gasteiger partial charge in [-0.15, -0.1) is 24.0 Å². The Morgan fingerprint density at radius 3 is 2.67 bits per heavy atom. The van der Waals surface area contributed by atoms with Crippen LogP contribution in [0.25, 0.3) is 0 Å². The topological polar surface area (TPSA) is 49.3 Å². The van der Waals surface area contributed by atoms with E-state index in [-0.39, 0.29) is 36.0 Å². The number of anilines is 1.